The minimum Gasteiger partial charge on any atom is -0.439 e. The summed E-state index contributed by atoms with van der Waals surface area (Å²) in [6.45, 7) is 3.06. The highest BCUT2D eigenvalue weighted by Gasteiger charge is 2.36. The van der Waals surface area contributed by atoms with Crippen molar-refractivity contribution in [1.29, 1.82) is 0 Å². The van der Waals surface area contributed by atoms with Gasteiger partial charge in [-0.1, -0.05) is 0 Å². The van der Waals surface area contributed by atoms with Gasteiger partial charge in [0, 0.05) is 26.4 Å². The lowest BCUT2D eigenvalue weighted by Crippen LogP contribution is -2.56. The van der Waals surface area contributed by atoms with Crippen molar-refractivity contribution in [2.24, 2.45) is 0 Å². The van der Waals surface area contributed by atoms with E-state index in [-0.39, 0.29) is 6.04 Å². The van der Waals surface area contributed by atoms with Crippen molar-refractivity contribution in [2.45, 2.75) is 32.5 Å². The average Bonchev–Trinajstić information content (AvgIpc) is 2.10. The van der Waals surface area contributed by atoms with Crippen LogP contribution >= 0.6 is 0 Å². The monoisotopic (exact) mass is 202 g/mol. The Morgan fingerprint density at radius 3 is 2.71 bits per heavy atom. The Bertz CT molecular complexity index is 256. The smallest absolute Gasteiger partial charge is 0.347 e. The quantitative estimate of drug-likeness (QED) is 0.494. The molecule has 1 aliphatic rings. The molecule has 0 aliphatic carbocycles. The molecule has 1 saturated heterocycles. The largest absolute Gasteiger partial charge is 0.439 e. The molecule has 1 fully saturated rings. The fourth-order valence-corrected chi connectivity index (χ4v) is 1.31. The molecule has 1 heterocycles. The lowest BCUT2D eigenvalue weighted by molar-refractivity contribution is -0.207. The van der Waals surface area contributed by atoms with E-state index in [9.17, 15) is 14.8 Å². The van der Waals surface area contributed by atoms with Crippen LogP contribution in [0.5, 0.6) is 0 Å². The first kappa shape index (κ1) is 10.8. The Balaban J connectivity index is 2.70. The highest BCUT2D eigenvalue weighted by atomic mass is 16.6. The van der Waals surface area contributed by atoms with Gasteiger partial charge in [0.2, 0.25) is 6.23 Å². The minimum absolute atomic E-state index is 0.0600. The zero-order chi connectivity index (χ0) is 10.9. The van der Waals surface area contributed by atoms with Crippen LogP contribution in [0, 0.1) is 0 Å². The van der Waals surface area contributed by atoms with Crippen LogP contribution in [0.2, 0.25) is 0 Å². The van der Waals surface area contributed by atoms with E-state index >= 15 is 0 Å². The predicted octanol–water partition coefficient (Wildman–Crippen LogP) is 0.411. The molecule has 0 bridgehead atoms. The molecular weight excluding hydrogens is 188 g/mol. The number of hydroxylamine groups is 2. The van der Waals surface area contributed by atoms with Crippen molar-refractivity contribution < 1.29 is 19.5 Å². The van der Waals surface area contributed by atoms with Crippen molar-refractivity contribution in [3.05, 3.63) is 0 Å². The second kappa shape index (κ2) is 3.83. The van der Waals surface area contributed by atoms with Gasteiger partial charge in [0.15, 0.2) is 0 Å². The number of nitrogens with zero attached hydrogens (tertiary/aromatic N) is 2. The van der Waals surface area contributed by atoms with Crippen LogP contribution in [0.4, 0.5) is 4.79 Å². The first-order valence-electron chi connectivity index (χ1n) is 4.35. The fraction of sp³-hybridized carbons (Fsp3) is 0.750. The maximum atomic E-state index is 11.3. The summed E-state index contributed by atoms with van der Waals surface area (Å²) in [5, 5.41) is 9.79. The lowest BCUT2D eigenvalue weighted by atomic mass is 10.1. The van der Waals surface area contributed by atoms with Crippen molar-refractivity contribution in [1.82, 2.24) is 9.96 Å². The van der Waals surface area contributed by atoms with E-state index in [2.05, 4.69) is 0 Å². The average molecular weight is 202 g/mol. The van der Waals surface area contributed by atoms with Gasteiger partial charge in [0.25, 0.3) is 0 Å². The minimum atomic E-state index is -0.869. The Morgan fingerprint density at radius 1 is 1.64 bits per heavy atom. The normalized spacial score (nSPS) is 27.9. The van der Waals surface area contributed by atoms with E-state index in [0.717, 1.165) is 0 Å². The van der Waals surface area contributed by atoms with Gasteiger partial charge in [-0.3, -0.25) is 10.0 Å². The number of urea groups is 1. The van der Waals surface area contributed by atoms with Crippen LogP contribution in [-0.2, 0) is 9.53 Å². The van der Waals surface area contributed by atoms with Gasteiger partial charge in [-0.15, -0.1) is 0 Å². The lowest BCUT2D eigenvalue weighted by Gasteiger charge is -2.38. The predicted molar refractivity (Wildman–Crippen MR) is 46.4 cm³/mol. The molecule has 80 valence electrons. The number of rotatable bonds is 1. The third kappa shape index (κ3) is 1.95. The molecule has 14 heavy (non-hydrogen) atoms. The molecule has 0 aromatic heterocycles. The third-order valence-electron chi connectivity index (χ3n) is 2.28. The summed E-state index contributed by atoms with van der Waals surface area (Å²) in [4.78, 5) is 23.4. The summed E-state index contributed by atoms with van der Waals surface area (Å²) in [7, 11) is 1.58. The standard InChI is InChI=1S/C8H14N2O4/c1-5-4-7(14-6(2)11)10(13)8(12)9(5)3/h5,7,13H,4H2,1-3H3. The molecule has 2 unspecified atom stereocenters. The van der Waals surface area contributed by atoms with Crippen LogP contribution in [0.3, 0.4) is 0 Å². The number of hydrogen-bond acceptors (Lipinski definition) is 4. The van der Waals surface area contributed by atoms with Gasteiger partial charge >= 0.3 is 12.0 Å². The molecule has 0 aromatic carbocycles. The van der Waals surface area contributed by atoms with Crippen LogP contribution in [0.1, 0.15) is 20.3 Å². The maximum Gasteiger partial charge on any atom is 0.347 e. The molecule has 6 heteroatoms. The van der Waals surface area contributed by atoms with E-state index in [4.69, 9.17) is 4.74 Å². The van der Waals surface area contributed by atoms with Gasteiger partial charge < -0.3 is 9.64 Å². The Morgan fingerprint density at radius 2 is 2.21 bits per heavy atom. The Labute approximate surface area is 82.0 Å². The van der Waals surface area contributed by atoms with E-state index in [1.54, 1.807) is 7.05 Å². The van der Waals surface area contributed by atoms with E-state index in [1.807, 2.05) is 6.92 Å². The van der Waals surface area contributed by atoms with Crippen LogP contribution < -0.4 is 0 Å². The highest BCUT2D eigenvalue weighted by Crippen LogP contribution is 2.19. The van der Waals surface area contributed by atoms with Crippen molar-refractivity contribution in [3.63, 3.8) is 0 Å². The zero-order valence-electron chi connectivity index (χ0n) is 8.43. The Hall–Kier alpha value is -1.30. The summed E-state index contributed by atoms with van der Waals surface area (Å²) in [6, 6.07) is -0.620. The third-order valence-corrected chi connectivity index (χ3v) is 2.28. The molecule has 1 rings (SSSR count). The Kier molecular flexibility index (Phi) is 2.95. The molecule has 1 aliphatic heterocycles. The molecule has 1 N–H and O–H groups in total. The molecule has 0 radical (unpaired) electrons. The van der Waals surface area contributed by atoms with E-state index in [0.29, 0.717) is 11.5 Å². The molecule has 0 spiro atoms. The molecule has 0 aromatic rings. The van der Waals surface area contributed by atoms with Gasteiger partial charge in [0.05, 0.1) is 0 Å². The van der Waals surface area contributed by atoms with Gasteiger partial charge in [-0.2, -0.15) is 5.06 Å². The number of ether oxygens (including phenoxy) is 1. The van der Waals surface area contributed by atoms with Gasteiger partial charge in [0.1, 0.15) is 0 Å². The van der Waals surface area contributed by atoms with E-state index in [1.165, 1.54) is 11.8 Å². The summed E-state index contributed by atoms with van der Waals surface area (Å²) in [6.07, 6.45) is -0.468. The van der Waals surface area contributed by atoms with Crippen LogP contribution in [0.25, 0.3) is 0 Å². The van der Waals surface area contributed by atoms with E-state index < -0.39 is 18.2 Å². The fourth-order valence-electron chi connectivity index (χ4n) is 1.31. The number of hydrogen-bond donors (Lipinski definition) is 1. The first-order valence-corrected chi connectivity index (χ1v) is 4.35. The highest BCUT2D eigenvalue weighted by molar-refractivity contribution is 5.75. The number of amides is 2. The molecule has 2 amide bonds. The number of carbonyl (C=O) groups is 2. The van der Waals surface area contributed by atoms with Crippen molar-refractivity contribution in [3.8, 4) is 0 Å². The molecule has 2 atom stereocenters. The second-order valence-corrected chi connectivity index (χ2v) is 3.39. The topological polar surface area (TPSA) is 70.1 Å². The summed E-state index contributed by atoms with van der Waals surface area (Å²) in [5.41, 5.74) is 0. The maximum absolute atomic E-state index is 11.3. The molecular formula is C8H14N2O4. The number of carbonyl (C=O) groups excluding carboxylic acids is 2. The van der Waals surface area contributed by atoms with Gasteiger partial charge in [-0.25, -0.2) is 4.79 Å². The van der Waals surface area contributed by atoms with Crippen molar-refractivity contribution >= 4 is 12.0 Å². The van der Waals surface area contributed by atoms with Crippen molar-refractivity contribution in [2.75, 3.05) is 7.05 Å². The van der Waals surface area contributed by atoms with Crippen LogP contribution in [-0.4, -0.2) is 46.5 Å². The van der Waals surface area contributed by atoms with Crippen LogP contribution in [0.15, 0.2) is 0 Å². The summed E-state index contributed by atoms with van der Waals surface area (Å²) < 4.78 is 4.78. The summed E-state index contributed by atoms with van der Waals surface area (Å²) in [5.74, 6) is -0.515. The number of esters is 1. The SMILES string of the molecule is CC(=O)OC1CC(C)N(C)C(=O)N1O. The van der Waals surface area contributed by atoms with Gasteiger partial charge in [-0.05, 0) is 6.92 Å². The summed E-state index contributed by atoms with van der Waals surface area (Å²) >= 11 is 0. The second-order valence-electron chi connectivity index (χ2n) is 3.39. The molecule has 6 nitrogen and oxygen atoms in total. The zero-order valence-corrected chi connectivity index (χ0v) is 8.43. The molecule has 0 saturated carbocycles. The first-order chi connectivity index (χ1) is 6.43.